The fourth-order valence-corrected chi connectivity index (χ4v) is 2.93. The zero-order valence-electron chi connectivity index (χ0n) is 15.0. The van der Waals surface area contributed by atoms with Gasteiger partial charge in [0.2, 0.25) is 0 Å². The van der Waals surface area contributed by atoms with Gasteiger partial charge < -0.3 is 14.6 Å². The minimum atomic E-state index is -0.386. The average Bonchev–Trinajstić information content (AvgIpc) is 2.66. The number of unbranched alkanes of at least 4 members (excludes halogenated alkanes) is 1. The monoisotopic (exact) mass is 342 g/mol. The normalized spacial score (nSPS) is 10.5. The van der Waals surface area contributed by atoms with Gasteiger partial charge in [-0.25, -0.2) is 4.79 Å². The maximum atomic E-state index is 11.9. The number of aryl methyl sites for hydroxylation is 3. The van der Waals surface area contributed by atoms with E-state index in [1.165, 1.54) is 18.2 Å². The first kappa shape index (κ1) is 19.0. The third kappa shape index (κ3) is 5.33. The molecule has 1 N–H and O–H groups in total. The molecular formula is C21H26O4. The Balaban J connectivity index is 2.10. The summed E-state index contributed by atoms with van der Waals surface area (Å²) in [6.45, 7) is 0.240. The van der Waals surface area contributed by atoms with Crippen LogP contribution in [0.15, 0.2) is 42.5 Å². The smallest absolute Gasteiger partial charge is 0.341 e. The van der Waals surface area contributed by atoms with Crippen molar-refractivity contribution in [2.75, 3.05) is 20.8 Å². The van der Waals surface area contributed by atoms with Crippen molar-refractivity contribution in [1.82, 2.24) is 0 Å². The van der Waals surface area contributed by atoms with E-state index in [1.807, 2.05) is 18.2 Å². The molecule has 0 fully saturated rings. The second kappa shape index (κ2) is 9.84. The Labute approximate surface area is 149 Å². The van der Waals surface area contributed by atoms with Crippen LogP contribution in [0, 0.1) is 0 Å². The number of carbonyl (C=O) groups excluding carboxylic acids is 1. The van der Waals surface area contributed by atoms with Crippen LogP contribution in [0.25, 0.3) is 0 Å². The van der Waals surface area contributed by atoms with Gasteiger partial charge in [-0.3, -0.25) is 0 Å². The summed E-state index contributed by atoms with van der Waals surface area (Å²) < 4.78 is 10.1. The number of hydrogen-bond acceptors (Lipinski definition) is 4. The topological polar surface area (TPSA) is 55.8 Å². The molecule has 0 aromatic heterocycles. The Morgan fingerprint density at radius 1 is 0.960 bits per heavy atom. The van der Waals surface area contributed by atoms with E-state index in [0.717, 1.165) is 37.7 Å². The molecule has 25 heavy (non-hydrogen) atoms. The van der Waals surface area contributed by atoms with Gasteiger partial charge in [-0.1, -0.05) is 30.3 Å². The van der Waals surface area contributed by atoms with Crippen LogP contribution in [-0.4, -0.2) is 31.9 Å². The molecular weight excluding hydrogens is 316 g/mol. The molecule has 2 aromatic rings. The molecule has 0 heterocycles. The molecule has 0 saturated heterocycles. The van der Waals surface area contributed by atoms with E-state index in [4.69, 9.17) is 14.6 Å². The summed E-state index contributed by atoms with van der Waals surface area (Å²) in [7, 11) is 2.92. The summed E-state index contributed by atoms with van der Waals surface area (Å²) >= 11 is 0. The van der Waals surface area contributed by atoms with Gasteiger partial charge in [0.05, 0.1) is 14.2 Å². The fraction of sp³-hybridized carbons (Fsp3) is 0.381. The molecule has 0 aliphatic carbocycles. The Bertz CT molecular complexity index is 694. The third-order valence-corrected chi connectivity index (χ3v) is 4.32. The third-order valence-electron chi connectivity index (χ3n) is 4.32. The van der Waals surface area contributed by atoms with Crippen molar-refractivity contribution >= 4 is 5.97 Å². The molecule has 134 valence electrons. The van der Waals surface area contributed by atoms with Gasteiger partial charge in [0.25, 0.3) is 0 Å². The summed E-state index contributed by atoms with van der Waals surface area (Å²) in [5, 5.41) is 8.95. The highest BCUT2D eigenvalue weighted by molar-refractivity contribution is 5.92. The quantitative estimate of drug-likeness (QED) is 0.559. The minimum absolute atomic E-state index is 0.240. The Morgan fingerprint density at radius 2 is 1.68 bits per heavy atom. The molecule has 0 amide bonds. The fourth-order valence-electron chi connectivity index (χ4n) is 2.93. The molecule has 4 heteroatoms. The van der Waals surface area contributed by atoms with Gasteiger partial charge in [-0.2, -0.15) is 0 Å². The molecule has 0 radical (unpaired) electrons. The zero-order valence-corrected chi connectivity index (χ0v) is 15.0. The van der Waals surface area contributed by atoms with Gasteiger partial charge in [0.15, 0.2) is 0 Å². The van der Waals surface area contributed by atoms with Crippen molar-refractivity contribution in [2.45, 2.75) is 32.1 Å². The van der Waals surface area contributed by atoms with Crippen LogP contribution in [0.4, 0.5) is 0 Å². The summed E-state index contributed by atoms with van der Waals surface area (Å²) in [6, 6.07) is 14.1. The Kier molecular flexibility index (Phi) is 7.48. The van der Waals surface area contributed by atoms with Crippen LogP contribution in [0.3, 0.4) is 0 Å². The van der Waals surface area contributed by atoms with E-state index in [1.54, 1.807) is 7.11 Å². The molecule has 0 unspecified atom stereocenters. The first-order valence-corrected chi connectivity index (χ1v) is 8.62. The predicted octanol–water partition coefficient (Wildman–Crippen LogP) is 3.58. The molecule has 0 spiro atoms. The summed E-state index contributed by atoms with van der Waals surface area (Å²) in [6.07, 6.45) is 4.54. The molecule has 0 bridgehead atoms. The van der Waals surface area contributed by atoms with E-state index in [9.17, 15) is 4.79 Å². The van der Waals surface area contributed by atoms with Crippen LogP contribution in [-0.2, 0) is 24.0 Å². The molecule has 2 aromatic carbocycles. The van der Waals surface area contributed by atoms with Gasteiger partial charge >= 0.3 is 5.97 Å². The highest BCUT2D eigenvalue weighted by Crippen LogP contribution is 2.22. The number of carbonyl (C=O) groups is 1. The van der Waals surface area contributed by atoms with E-state index >= 15 is 0 Å². The van der Waals surface area contributed by atoms with Gasteiger partial charge in [-0.15, -0.1) is 0 Å². The maximum Gasteiger partial charge on any atom is 0.341 e. The highest BCUT2D eigenvalue weighted by atomic mass is 16.5. The first-order chi connectivity index (χ1) is 12.2. The summed E-state index contributed by atoms with van der Waals surface area (Å²) in [5.41, 5.74) is 4.18. The van der Waals surface area contributed by atoms with Crippen molar-refractivity contribution in [3.63, 3.8) is 0 Å². The molecule has 0 saturated carbocycles. The maximum absolute atomic E-state index is 11.9. The number of methoxy groups -OCH3 is 2. The highest BCUT2D eigenvalue weighted by Gasteiger charge is 2.13. The standard InChI is InChI=1S/C21H26O4/c1-24-20-13-11-16(15-19(20)21(23)25-2)10-12-18-8-4-3-7-17(18)9-5-6-14-22/h3-4,7-8,11,13,15,22H,5-6,9-10,12,14H2,1-2H3. The first-order valence-electron chi connectivity index (χ1n) is 8.62. The number of esters is 1. The van der Waals surface area contributed by atoms with Crippen LogP contribution >= 0.6 is 0 Å². The lowest BCUT2D eigenvalue weighted by molar-refractivity contribution is 0.0597. The van der Waals surface area contributed by atoms with Gasteiger partial charge in [-0.05, 0) is 60.9 Å². The summed E-state index contributed by atoms with van der Waals surface area (Å²) in [4.78, 5) is 11.9. The van der Waals surface area contributed by atoms with Crippen LogP contribution in [0.2, 0.25) is 0 Å². The van der Waals surface area contributed by atoms with E-state index in [0.29, 0.717) is 11.3 Å². The molecule has 0 aliphatic rings. The Hall–Kier alpha value is -2.33. The SMILES string of the molecule is COC(=O)c1cc(CCc2ccccc2CCCCO)ccc1OC. The van der Waals surface area contributed by atoms with Crippen LogP contribution in [0.1, 0.15) is 39.9 Å². The van der Waals surface area contributed by atoms with Crippen LogP contribution in [0.5, 0.6) is 5.75 Å². The summed E-state index contributed by atoms with van der Waals surface area (Å²) in [5.74, 6) is 0.142. The minimum Gasteiger partial charge on any atom is -0.496 e. The van der Waals surface area contributed by atoms with Crippen molar-refractivity contribution in [1.29, 1.82) is 0 Å². The predicted molar refractivity (Wildman–Crippen MR) is 98.2 cm³/mol. The molecule has 4 nitrogen and oxygen atoms in total. The number of hydrogen-bond donors (Lipinski definition) is 1. The van der Waals surface area contributed by atoms with Gasteiger partial charge in [0.1, 0.15) is 11.3 Å². The lowest BCUT2D eigenvalue weighted by Crippen LogP contribution is -2.05. The van der Waals surface area contributed by atoms with E-state index in [2.05, 4.69) is 24.3 Å². The molecule has 2 rings (SSSR count). The zero-order chi connectivity index (χ0) is 18.1. The molecule has 0 atom stereocenters. The number of aliphatic hydroxyl groups is 1. The van der Waals surface area contributed by atoms with E-state index in [-0.39, 0.29) is 12.6 Å². The van der Waals surface area contributed by atoms with Gasteiger partial charge in [0, 0.05) is 6.61 Å². The van der Waals surface area contributed by atoms with Crippen molar-refractivity contribution < 1.29 is 19.4 Å². The van der Waals surface area contributed by atoms with Crippen molar-refractivity contribution in [3.8, 4) is 5.75 Å². The largest absolute Gasteiger partial charge is 0.496 e. The number of rotatable bonds is 9. The number of aliphatic hydroxyl groups excluding tert-OH is 1. The van der Waals surface area contributed by atoms with Crippen molar-refractivity contribution in [2.24, 2.45) is 0 Å². The van der Waals surface area contributed by atoms with Crippen molar-refractivity contribution in [3.05, 3.63) is 64.7 Å². The average molecular weight is 342 g/mol. The lowest BCUT2D eigenvalue weighted by Gasteiger charge is -2.11. The lowest BCUT2D eigenvalue weighted by atomic mass is 9.96. The van der Waals surface area contributed by atoms with E-state index < -0.39 is 0 Å². The number of ether oxygens (including phenoxy) is 2. The van der Waals surface area contributed by atoms with Crippen LogP contribution < -0.4 is 4.74 Å². The Morgan fingerprint density at radius 3 is 2.32 bits per heavy atom. The number of benzene rings is 2. The molecule has 0 aliphatic heterocycles. The second-order valence-electron chi connectivity index (χ2n) is 5.98. The second-order valence-corrected chi connectivity index (χ2v) is 5.98.